The molecule has 0 radical (unpaired) electrons. The van der Waals surface area contributed by atoms with Crippen LogP contribution < -0.4 is 0 Å². The minimum absolute atomic E-state index is 0.124. The molecule has 18 heavy (non-hydrogen) atoms. The van der Waals surface area contributed by atoms with Gasteiger partial charge in [-0.2, -0.15) is 0 Å². The zero-order chi connectivity index (χ0) is 13.0. The Morgan fingerprint density at radius 2 is 1.83 bits per heavy atom. The first-order valence-electron chi connectivity index (χ1n) is 6.72. The zero-order valence-electron chi connectivity index (χ0n) is 11.5. The third-order valence-corrected chi connectivity index (χ3v) is 3.76. The van der Waals surface area contributed by atoms with Crippen molar-refractivity contribution in [3.05, 3.63) is 66.3 Å². The molecule has 0 spiro atoms. The van der Waals surface area contributed by atoms with Crippen LogP contribution >= 0.6 is 0 Å². The average Bonchev–Trinajstić information content (AvgIpc) is 2.38. The van der Waals surface area contributed by atoms with Crippen molar-refractivity contribution in [1.82, 2.24) is 0 Å². The molecule has 0 bridgehead atoms. The van der Waals surface area contributed by atoms with Gasteiger partial charge in [0.25, 0.3) is 0 Å². The fraction of sp³-hybridized carbons (Fsp3) is 0.333. The van der Waals surface area contributed by atoms with Crippen LogP contribution in [0.15, 0.2) is 60.7 Å². The highest BCUT2D eigenvalue weighted by atomic mass is 14.3. The first-order valence-corrected chi connectivity index (χ1v) is 6.72. The van der Waals surface area contributed by atoms with Crippen molar-refractivity contribution in [3.8, 4) is 0 Å². The van der Waals surface area contributed by atoms with Gasteiger partial charge < -0.3 is 0 Å². The molecule has 1 aromatic rings. The van der Waals surface area contributed by atoms with E-state index in [1.807, 2.05) is 0 Å². The van der Waals surface area contributed by atoms with E-state index in [-0.39, 0.29) is 5.41 Å². The monoisotopic (exact) mass is 238 g/mol. The van der Waals surface area contributed by atoms with Gasteiger partial charge in [0, 0.05) is 5.41 Å². The fourth-order valence-corrected chi connectivity index (χ4v) is 2.71. The van der Waals surface area contributed by atoms with Gasteiger partial charge >= 0.3 is 0 Å². The molecule has 0 saturated carbocycles. The molecular weight excluding hydrogens is 216 g/mol. The SMILES string of the molecule is CC(C)C1C=CC=CC1(C)C=Cc1ccccc1. The van der Waals surface area contributed by atoms with Gasteiger partial charge in [-0.3, -0.25) is 0 Å². The van der Waals surface area contributed by atoms with E-state index in [1.54, 1.807) is 0 Å². The Hall–Kier alpha value is -1.56. The third kappa shape index (κ3) is 2.81. The van der Waals surface area contributed by atoms with E-state index in [1.165, 1.54) is 5.56 Å². The molecule has 0 nitrogen and oxygen atoms in total. The van der Waals surface area contributed by atoms with Crippen LogP contribution in [0.3, 0.4) is 0 Å². The van der Waals surface area contributed by atoms with E-state index in [0.717, 1.165) is 0 Å². The van der Waals surface area contributed by atoms with Crippen molar-refractivity contribution in [3.63, 3.8) is 0 Å². The van der Waals surface area contributed by atoms with E-state index >= 15 is 0 Å². The van der Waals surface area contributed by atoms with Gasteiger partial charge in [0.2, 0.25) is 0 Å². The maximum atomic E-state index is 2.34. The molecular formula is C18H22. The highest BCUT2D eigenvalue weighted by Crippen LogP contribution is 2.39. The Labute approximate surface area is 111 Å². The number of rotatable bonds is 3. The standard InChI is InChI=1S/C18H22/c1-15(2)17-11-7-8-13-18(17,3)14-12-16-9-5-4-6-10-16/h4-15,17H,1-3H3. The fourth-order valence-electron chi connectivity index (χ4n) is 2.71. The summed E-state index contributed by atoms with van der Waals surface area (Å²) in [5, 5.41) is 0. The van der Waals surface area contributed by atoms with Crippen molar-refractivity contribution in [2.24, 2.45) is 17.3 Å². The van der Waals surface area contributed by atoms with E-state index in [9.17, 15) is 0 Å². The maximum absolute atomic E-state index is 2.34. The maximum Gasteiger partial charge on any atom is 0.0104 e. The van der Waals surface area contributed by atoms with Crippen molar-refractivity contribution < 1.29 is 0 Å². The summed E-state index contributed by atoms with van der Waals surface area (Å²) < 4.78 is 0. The molecule has 0 aromatic heterocycles. The number of allylic oxidation sites excluding steroid dienone is 5. The molecule has 2 atom stereocenters. The predicted molar refractivity (Wildman–Crippen MR) is 80.2 cm³/mol. The summed E-state index contributed by atoms with van der Waals surface area (Å²) in [5.74, 6) is 1.22. The van der Waals surface area contributed by atoms with Crippen molar-refractivity contribution >= 4 is 6.08 Å². The number of hydrogen-bond donors (Lipinski definition) is 0. The van der Waals surface area contributed by atoms with Crippen molar-refractivity contribution in [1.29, 1.82) is 0 Å². The Balaban J connectivity index is 2.23. The molecule has 0 fully saturated rings. The van der Waals surface area contributed by atoms with Crippen LogP contribution in [-0.2, 0) is 0 Å². The topological polar surface area (TPSA) is 0 Å². The lowest BCUT2D eigenvalue weighted by molar-refractivity contribution is 0.302. The molecule has 2 rings (SSSR count). The largest absolute Gasteiger partial charge is 0.0800 e. The Bertz CT molecular complexity index is 462. The van der Waals surface area contributed by atoms with Crippen LogP contribution in [-0.4, -0.2) is 0 Å². The van der Waals surface area contributed by atoms with Crippen LogP contribution in [0.2, 0.25) is 0 Å². The lowest BCUT2D eigenvalue weighted by atomic mass is 9.69. The highest BCUT2D eigenvalue weighted by Gasteiger charge is 2.30. The normalized spacial score (nSPS) is 27.2. The third-order valence-electron chi connectivity index (χ3n) is 3.76. The predicted octanol–water partition coefficient (Wildman–Crippen LogP) is 5.10. The second-order valence-corrected chi connectivity index (χ2v) is 5.62. The molecule has 1 aliphatic carbocycles. The van der Waals surface area contributed by atoms with Gasteiger partial charge in [-0.05, 0) is 17.4 Å². The number of hydrogen-bond acceptors (Lipinski definition) is 0. The summed E-state index contributed by atoms with van der Waals surface area (Å²) in [4.78, 5) is 0. The van der Waals surface area contributed by atoms with E-state index in [2.05, 4.69) is 87.6 Å². The molecule has 0 amide bonds. The summed E-state index contributed by atoms with van der Waals surface area (Å²) in [7, 11) is 0. The smallest absolute Gasteiger partial charge is 0.0104 e. The van der Waals surface area contributed by atoms with Crippen LogP contribution in [0.25, 0.3) is 6.08 Å². The lowest BCUT2D eigenvalue weighted by Gasteiger charge is -2.35. The number of benzene rings is 1. The van der Waals surface area contributed by atoms with Crippen LogP contribution in [0.1, 0.15) is 26.3 Å². The minimum Gasteiger partial charge on any atom is -0.0800 e. The zero-order valence-corrected chi connectivity index (χ0v) is 11.5. The second-order valence-electron chi connectivity index (χ2n) is 5.62. The van der Waals surface area contributed by atoms with E-state index < -0.39 is 0 Å². The quantitative estimate of drug-likeness (QED) is 0.687. The van der Waals surface area contributed by atoms with Crippen LogP contribution in [0, 0.1) is 17.3 Å². The molecule has 1 aromatic carbocycles. The highest BCUT2D eigenvalue weighted by molar-refractivity contribution is 5.51. The molecule has 1 aliphatic rings. The average molecular weight is 238 g/mol. The Morgan fingerprint density at radius 3 is 2.50 bits per heavy atom. The van der Waals surface area contributed by atoms with E-state index in [0.29, 0.717) is 11.8 Å². The Morgan fingerprint density at radius 1 is 1.11 bits per heavy atom. The van der Waals surface area contributed by atoms with Gasteiger partial charge in [0.15, 0.2) is 0 Å². The van der Waals surface area contributed by atoms with Crippen LogP contribution in [0.5, 0.6) is 0 Å². The molecule has 0 N–H and O–H groups in total. The van der Waals surface area contributed by atoms with Crippen LogP contribution in [0.4, 0.5) is 0 Å². The summed E-state index contributed by atoms with van der Waals surface area (Å²) in [6, 6.07) is 10.5. The molecule has 0 saturated heterocycles. The molecule has 0 heterocycles. The lowest BCUT2D eigenvalue weighted by Crippen LogP contribution is -2.27. The van der Waals surface area contributed by atoms with Gasteiger partial charge in [0.1, 0.15) is 0 Å². The molecule has 0 heteroatoms. The second kappa shape index (κ2) is 5.39. The molecule has 2 unspecified atom stereocenters. The summed E-state index contributed by atoms with van der Waals surface area (Å²) >= 11 is 0. The molecule has 0 aliphatic heterocycles. The first-order chi connectivity index (χ1) is 8.62. The first kappa shape index (κ1) is 12.9. The summed E-state index contributed by atoms with van der Waals surface area (Å²) in [6.45, 7) is 6.91. The van der Waals surface area contributed by atoms with E-state index in [4.69, 9.17) is 0 Å². The Kier molecular flexibility index (Phi) is 3.86. The molecule has 94 valence electrons. The van der Waals surface area contributed by atoms with Gasteiger partial charge in [-0.1, -0.05) is 87.6 Å². The van der Waals surface area contributed by atoms with Crippen molar-refractivity contribution in [2.75, 3.05) is 0 Å². The van der Waals surface area contributed by atoms with Gasteiger partial charge in [0.05, 0.1) is 0 Å². The summed E-state index contributed by atoms with van der Waals surface area (Å²) in [6.07, 6.45) is 13.6. The van der Waals surface area contributed by atoms with Gasteiger partial charge in [-0.15, -0.1) is 0 Å². The van der Waals surface area contributed by atoms with Crippen molar-refractivity contribution in [2.45, 2.75) is 20.8 Å². The summed E-state index contributed by atoms with van der Waals surface area (Å²) in [5.41, 5.74) is 1.39. The minimum atomic E-state index is 0.124. The van der Waals surface area contributed by atoms with Gasteiger partial charge in [-0.25, -0.2) is 0 Å².